The van der Waals surface area contributed by atoms with Crippen LogP contribution in [0, 0.1) is 18.3 Å². The third kappa shape index (κ3) is 2.41. The van der Waals surface area contributed by atoms with E-state index in [0.29, 0.717) is 45.0 Å². The van der Waals surface area contributed by atoms with Gasteiger partial charge < -0.3 is 4.74 Å². The first-order valence-electron chi connectivity index (χ1n) is 7.22. The van der Waals surface area contributed by atoms with Crippen LogP contribution in [-0.4, -0.2) is 22.0 Å². The zero-order valence-electron chi connectivity index (χ0n) is 12.8. The van der Waals surface area contributed by atoms with Gasteiger partial charge in [0.2, 0.25) is 0 Å². The zero-order valence-corrected chi connectivity index (χ0v) is 13.5. The standard InChI is InChI=1S/C17H14ClN3O2/c1-3-23-14(22)8-11-10(2)12(9-19)16-17(15(11)18)21-7-5-4-6-13(21)20-16/h4-7H,3,8H2,1-2H3. The smallest absolute Gasteiger partial charge is 0.310 e. The molecule has 5 nitrogen and oxygen atoms in total. The van der Waals surface area contributed by atoms with Gasteiger partial charge in [-0.3, -0.25) is 9.20 Å². The largest absolute Gasteiger partial charge is 0.466 e. The van der Waals surface area contributed by atoms with E-state index in [4.69, 9.17) is 16.3 Å². The van der Waals surface area contributed by atoms with Crippen LogP contribution in [0.2, 0.25) is 5.02 Å². The number of hydrogen-bond acceptors (Lipinski definition) is 4. The van der Waals surface area contributed by atoms with Crippen LogP contribution in [0.15, 0.2) is 24.4 Å². The zero-order chi connectivity index (χ0) is 16.6. The van der Waals surface area contributed by atoms with Crippen LogP contribution < -0.4 is 0 Å². The third-order valence-electron chi connectivity index (χ3n) is 3.81. The van der Waals surface area contributed by atoms with Gasteiger partial charge in [0.15, 0.2) is 0 Å². The molecule has 0 fully saturated rings. The number of nitrogens with zero attached hydrogens (tertiary/aromatic N) is 3. The second-order valence-electron chi connectivity index (χ2n) is 5.12. The van der Waals surface area contributed by atoms with Crippen molar-refractivity contribution in [1.29, 1.82) is 5.26 Å². The van der Waals surface area contributed by atoms with E-state index >= 15 is 0 Å². The maximum atomic E-state index is 11.9. The Morgan fingerprint density at radius 1 is 1.48 bits per heavy atom. The number of hydrogen-bond donors (Lipinski definition) is 0. The van der Waals surface area contributed by atoms with E-state index in [2.05, 4.69) is 11.1 Å². The van der Waals surface area contributed by atoms with Crippen molar-refractivity contribution in [3.8, 4) is 6.07 Å². The van der Waals surface area contributed by atoms with Gasteiger partial charge >= 0.3 is 5.97 Å². The molecule has 0 aliphatic carbocycles. The van der Waals surface area contributed by atoms with Crippen molar-refractivity contribution in [2.24, 2.45) is 0 Å². The van der Waals surface area contributed by atoms with Gasteiger partial charge in [0.1, 0.15) is 17.2 Å². The van der Waals surface area contributed by atoms with Gasteiger partial charge in [-0.15, -0.1) is 0 Å². The summed E-state index contributed by atoms with van der Waals surface area (Å²) in [6, 6.07) is 7.76. The average molecular weight is 328 g/mol. The molecule has 0 amide bonds. The van der Waals surface area contributed by atoms with Gasteiger partial charge in [-0.2, -0.15) is 5.26 Å². The molecule has 1 aromatic carbocycles. The lowest BCUT2D eigenvalue weighted by molar-refractivity contribution is -0.142. The molecule has 0 radical (unpaired) electrons. The molecule has 3 rings (SSSR count). The molecule has 3 aromatic rings. The second kappa shape index (κ2) is 5.90. The number of esters is 1. The average Bonchev–Trinajstić information content (AvgIpc) is 2.91. The Labute approximate surface area is 138 Å². The van der Waals surface area contributed by atoms with Crippen LogP contribution in [0.3, 0.4) is 0 Å². The van der Waals surface area contributed by atoms with E-state index in [-0.39, 0.29) is 12.4 Å². The Kier molecular flexibility index (Phi) is 3.93. The molecule has 6 heteroatoms. The molecule has 0 unspecified atom stereocenters. The van der Waals surface area contributed by atoms with Crippen molar-refractivity contribution in [3.63, 3.8) is 0 Å². The molecule has 0 saturated heterocycles. The Balaban J connectivity index is 2.35. The number of imidazole rings is 1. The highest BCUT2D eigenvalue weighted by Crippen LogP contribution is 2.34. The highest BCUT2D eigenvalue weighted by atomic mass is 35.5. The van der Waals surface area contributed by atoms with Crippen molar-refractivity contribution in [1.82, 2.24) is 9.38 Å². The van der Waals surface area contributed by atoms with Crippen molar-refractivity contribution in [2.75, 3.05) is 6.61 Å². The lowest BCUT2D eigenvalue weighted by atomic mass is 9.98. The summed E-state index contributed by atoms with van der Waals surface area (Å²) < 4.78 is 6.83. The van der Waals surface area contributed by atoms with Gasteiger partial charge in [0.25, 0.3) is 0 Å². The summed E-state index contributed by atoms with van der Waals surface area (Å²) >= 11 is 6.56. The normalized spacial score (nSPS) is 10.9. The Morgan fingerprint density at radius 2 is 2.26 bits per heavy atom. The Bertz CT molecular complexity index is 970. The van der Waals surface area contributed by atoms with Gasteiger partial charge in [-0.25, -0.2) is 4.98 Å². The number of halogens is 1. The summed E-state index contributed by atoms with van der Waals surface area (Å²) in [5.41, 5.74) is 3.61. The third-order valence-corrected chi connectivity index (χ3v) is 4.21. The summed E-state index contributed by atoms with van der Waals surface area (Å²) in [6.07, 6.45) is 1.87. The second-order valence-corrected chi connectivity index (χ2v) is 5.50. The van der Waals surface area contributed by atoms with Crippen LogP contribution in [0.1, 0.15) is 23.6 Å². The Morgan fingerprint density at radius 3 is 2.96 bits per heavy atom. The maximum Gasteiger partial charge on any atom is 0.310 e. The fourth-order valence-electron chi connectivity index (χ4n) is 2.72. The maximum absolute atomic E-state index is 11.9. The summed E-state index contributed by atoms with van der Waals surface area (Å²) in [5, 5.41) is 9.97. The monoisotopic (exact) mass is 327 g/mol. The number of carbonyl (C=O) groups excluding carboxylic acids is 1. The molecule has 2 heterocycles. The molecule has 116 valence electrons. The number of benzene rings is 1. The molecule has 0 bridgehead atoms. The van der Waals surface area contributed by atoms with Crippen molar-refractivity contribution < 1.29 is 9.53 Å². The summed E-state index contributed by atoms with van der Waals surface area (Å²) in [4.78, 5) is 16.4. The molecular formula is C17H14ClN3O2. The molecule has 0 saturated carbocycles. The molecule has 0 atom stereocenters. The molecule has 0 aliphatic rings. The quantitative estimate of drug-likeness (QED) is 0.691. The number of ether oxygens (including phenoxy) is 1. The van der Waals surface area contributed by atoms with Crippen LogP contribution >= 0.6 is 11.6 Å². The lowest BCUT2D eigenvalue weighted by Gasteiger charge is -2.11. The number of carbonyl (C=O) groups is 1. The lowest BCUT2D eigenvalue weighted by Crippen LogP contribution is -2.10. The topological polar surface area (TPSA) is 67.4 Å². The van der Waals surface area contributed by atoms with Crippen LogP contribution in [0.4, 0.5) is 0 Å². The molecule has 23 heavy (non-hydrogen) atoms. The number of rotatable bonds is 3. The van der Waals surface area contributed by atoms with Gasteiger partial charge in [0, 0.05) is 6.20 Å². The highest BCUT2D eigenvalue weighted by Gasteiger charge is 2.22. The van der Waals surface area contributed by atoms with Gasteiger partial charge in [-0.05, 0) is 37.1 Å². The number of aromatic nitrogens is 2. The summed E-state index contributed by atoms with van der Waals surface area (Å²) in [6.45, 7) is 3.83. The number of nitriles is 1. The highest BCUT2D eigenvalue weighted by molar-refractivity contribution is 6.36. The van der Waals surface area contributed by atoms with Crippen molar-refractivity contribution in [3.05, 3.63) is 46.1 Å². The molecule has 0 spiro atoms. The fraction of sp³-hybridized carbons (Fsp3) is 0.235. The van der Waals surface area contributed by atoms with Crippen LogP contribution in [-0.2, 0) is 16.0 Å². The summed E-state index contributed by atoms with van der Waals surface area (Å²) in [7, 11) is 0. The van der Waals surface area contributed by atoms with Crippen LogP contribution in [0.5, 0.6) is 0 Å². The minimum Gasteiger partial charge on any atom is -0.466 e. The predicted molar refractivity (Wildman–Crippen MR) is 87.5 cm³/mol. The van der Waals surface area contributed by atoms with E-state index < -0.39 is 0 Å². The van der Waals surface area contributed by atoms with Crippen molar-refractivity contribution >= 4 is 34.3 Å². The van der Waals surface area contributed by atoms with E-state index in [1.807, 2.05) is 28.8 Å². The first-order valence-corrected chi connectivity index (χ1v) is 7.59. The minimum atomic E-state index is -0.366. The van der Waals surface area contributed by atoms with E-state index in [1.54, 1.807) is 13.8 Å². The van der Waals surface area contributed by atoms with Gasteiger partial charge in [0.05, 0.1) is 29.1 Å². The SMILES string of the molecule is CCOC(=O)Cc1c(C)c(C#N)c2nc3ccccn3c2c1Cl. The number of pyridine rings is 1. The minimum absolute atomic E-state index is 0.0309. The number of fused-ring (bicyclic) bond motifs is 3. The fourth-order valence-corrected chi connectivity index (χ4v) is 3.11. The predicted octanol–water partition coefficient (Wildman–Crippen LogP) is 3.43. The van der Waals surface area contributed by atoms with E-state index in [9.17, 15) is 10.1 Å². The molecule has 0 aliphatic heterocycles. The van der Waals surface area contributed by atoms with Crippen molar-refractivity contribution in [2.45, 2.75) is 20.3 Å². The van der Waals surface area contributed by atoms with Gasteiger partial charge in [-0.1, -0.05) is 17.7 Å². The molecule has 0 N–H and O–H groups in total. The molecular weight excluding hydrogens is 314 g/mol. The first-order chi connectivity index (χ1) is 11.1. The van der Waals surface area contributed by atoms with E-state index in [1.165, 1.54) is 0 Å². The van der Waals surface area contributed by atoms with E-state index in [0.717, 1.165) is 0 Å². The molecule has 2 aromatic heterocycles. The van der Waals surface area contributed by atoms with Crippen LogP contribution in [0.25, 0.3) is 16.7 Å². The first kappa shape index (κ1) is 15.3. The Hall–Kier alpha value is -2.58. The summed E-state index contributed by atoms with van der Waals surface area (Å²) in [5.74, 6) is -0.366.